The van der Waals surface area contributed by atoms with E-state index in [1.165, 1.54) is 0 Å². The molecule has 0 aliphatic carbocycles. The molecule has 0 spiro atoms. The molecular formula is C19H27N5O2. The number of methoxy groups -OCH3 is 1. The molecule has 1 aromatic carbocycles. The number of aliphatic imine (C=N–C) groups is 1. The third kappa shape index (κ3) is 4.69. The summed E-state index contributed by atoms with van der Waals surface area (Å²) < 4.78 is 5.14. The average molecular weight is 357 g/mol. The van der Waals surface area contributed by atoms with Crippen molar-refractivity contribution in [2.75, 3.05) is 46.9 Å². The minimum atomic E-state index is -0.264. The Morgan fingerprint density at radius 1 is 1.27 bits per heavy atom. The number of carbonyl (C=O) groups is 1. The Morgan fingerprint density at radius 3 is 2.62 bits per heavy atom. The van der Waals surface area contributed by atoms with Gasteiger partial charge in [0.1, 0.15) is 17.3 Å². The molecule has 0 bridgehead atoms. The molecule has 1 saturated heterocycles. The Balaban J connectivity index is 1.58. The second-order valence-electron chi connectivity index (χ2n) is 6.79. The van der Waals surface area contributed by atoms with Gasteiger partial charge in [-0.15, -0.1) is 0 Å². The maximum absolute atomic E-state index is 12.2. The average Bonchev–Trinajstić information content (AvgIpc) is 3.02. The second kappa shape index (κ2) is 8.44. The van der Waals surface area contributed by atoms with Crippen molar-refractivity contribution in [2.45, 2.75) is 12.5 Å². The summed E-state index contributed by atoms with van der Waals surface area (Å²) in [4.78, 5) is 21.3. The van der Waals surface area contributed by atoms with Crippen molar-refractivity contribution in [3.05, 3.63) is 35.5 Å². The molecule has 0 radical (unpaired) electrons. The number of hydrogen-bond acceptors (Lipinski definition) is 6. The minimum Gasteiger partial charge on any atom is -0.497 e. The molecule has 2 aliphatic rings. The van der Waals surface area contributed by atoms with E-state index in [9.17, 15) is 4.79 Å². The van der Waals surface area contributed by atoms with Gasteiger partial charge in [-0.1, -0.05) is 12.1 Å². The lowest BCUT2D eigenvalue weighted by atomic mass is 10.2. The van der Waals surface area contributed by atoms with Crippen molar-refractivity contribution in [3.8, 4) is 5.75 Å². The number of nitrogens with one attached hydrogen (secondary N) is 1. The number of amidine groups is 1. The molecule has 1 unspecified atom stereocenters. The first-order valence-electron chi connectivity index (χ1n) is 8.97. The molecule has 7 heteroatoms. The van der Waals surface area contributed by atoms with E-state index in [-0.39, 0.29) is 11.9 Å². The number of carbonyl (C=O) groups excluding carboxylic acids is 1. The van der Waals surface area contributed by atoms with Crippen LogP contribution in [0.5, 0.6) is 5.75 Å². The van der Waals surface area contributed by atoms with Crippen LogP contribution in [0.3, 0.4) is 0 Å². The van der Waals surface area contributed by atoms with Gasteiger partial charge in [0.05, 0.1) is 13.2 Å². The fourth-order valence-corrected chi connectivity index (χ4v) is 3.05. The molecule has 0 aromatic heterocycles. The molecule has 3 rings (SSSR count). The first-order chi connectivity index (χ1) is 12.5. The highest BCUT2D eigenvalue weighted by Crippen LogP contribution is 2.17. The van der Waals surface area contributed by atoms with Crippen LogP contribution in [0.2, 0.25) is 0 Å². The van der Waals surface area contributed by atoms with Crippen molar-refractivity contribution in [1.82, 2.24) is 15.1 Å². The third-order valence-corrected chi connectivity index (χ3v) is 4.84. The fourth-order valence-electron chi connectivity index (χ4n) is 3.05. The molecule has 1 amide bonds. The van der Waals surface area contributed by atoms with Gasteiger partial charge in [0, 0.05) is 32.7 Å². The van der Waals surface area contributed by atoms with Crippen molar-refractivity contribution >= 4 is 17.8 Å². The van der Waals surface area contributed by atoms with Gasteiger partial charge in [0.2, 0.25) is 0 Å². The lowest BCUT2D eigenvalue weighted by Crippen LogP contribution is -2.47. The van der Waals surface area contributed by atoms with Gasteiger partial charge in [-0.05, 0) is 37.2 Å². The largest absolute Gasteiger partial charge is 0.497 e. The Bertz CT molecular complexity index is 690. The molecule has 2 heterocycles. The number of nitrogens with two attached hydrogens (primary N) is 1. The van der Waals surface area contributed by atoms with E-state index >= 15 is 0 Å². The van der Waals surface area contributed by atoms with Gasteiger partial charge < -0.3 is 25.6 Å². The zero-order chi connectivity index (χ0) is 18.5. The molecule has 7 nitrogen and oxygen atoms in total. The monoisotopic (exact) mass is 357 g/mol. The number of hydrogen-bond donors (Lipinski definition) is 2. The van der Waals surface area contributed by atoms with Crippen LogP contribution in [0, 0.1) is 0 Å². The molecular weight excluding hydrogens is 330 g/mol. The van der Waals surface area contributed by atoms with E-state index in [0.29, 0.717) is 11.5 Å². The Morgan fingerprint density at radius 2 is 1.96 bits per heavy atom. The van der Waals surface area contributed by atoms with E-state index in [4.69, 9.17) is 10.5 Å². The number of piperazine rings is 1. The summed E-state index contributed by atoms with van der Waals surface area (Å²) in [5.41, 5.74) is 7.54. The number of benzene rings is 1. The van der Waals surface area contributed by atoms with Gasteiger partial charge in [-0.3, -0.25) is 4.79 Å². The van der Waals surface area contributed by atoms with Crippen molar-refractivity contribution in [2.24, 2.45) is 10.7 Å². The van der Waals surface area contributed by atoms with E-state index in [1.807, 2.05) is 24.3 Å². The van der Waals surface area contributed by atoms with E-state index in [1.54, 1.807) is 13.2 Å². The van der Waals surface area contributed by atoms with Gasteiger partial charge >= 0.3 is 0 Å². The van der Waals surface area contributed by atoms with Gasteiger partial charge in [0.25, 0.3) is 5.91 Å². The van der Waals surface area contributed by atoms with Crippen LogP contribution in [0.1, 0.15) is 12.0 Å². The number of nitrogens with zero attached hydrogens (tertiary/aromatic N) is 3. The summed E-state index contributed by atoms with van der Waals surface area (Å²) in [5.74, 6) is 1.13. The molecule has 140 valence electrons. The molecule has 1 fully saturated rings. The van der Waals surface area contributed by atoms with Crippen LogP contribution >= 0.6 is 0 Å². The summed E-state index contributed by atoms with van der Waals surface area (Å²) in [6.45, 7) is 5.21. The minimum absolute atomic E-state index is 0.203. The fraction of sp³-hybridized carbons (Fsp3) is 0.474. The maximum Gasteiger partial charge on any atom is 0.275 e. The van der Waals surface area contributed by atoms with Crippen molar-refractivity contribution < 1.29 is 9.53 Å². The van der Waals surface area contributed by atoms with Crippen LogP contribution in [0.15, 0.2) is 35.0 Å². The van der Waals surface area contributed by atoms with Crippen LogP contribution in [-0.2, 0) is 4.79 Å². The number of amides is 1. The summed E-state index contributed by atoms with van der Waals surface area (Å²) in [6, 6.07) is 7.22. The Kier molecular flexibility index (Phi) is 6.03. The van der Waals surface area contributed by atoms with Crippen LogP contribution in [-0.4, -0.2) is 74.5 Å². The predicted octanol–water partition coefficient (Wildman–Crippen LogP) is 0.529. The predicted molar refractivity (Wildman–Crippen MR) is 103 cm³/mol. The molecule has 1 atom stereocenters. The van der Waals surface area contributed by atoms with Gasteiger partial charge in [-0.25, -0.2) is 4.99 Å². The maximum atomic E-state index is 12.2. The highest BCUT2D eigenvalue weighted by Gasteiger charge is 2.25. The summed E-state index contributed by atoms with van der Waals surface area (Å²) in [5, 5.41) is 2.81. The second-order valence-corrected chi connectivity index (χ2v) is 6.79. The van der Waals surface area contributed by atoms with Gasteiger partial charge in [-0.2, -0.15) is 0 Å². The highest BCUT2D eigenvalue weighted by molar-refractivity contribution is 6.15. The zero-order valence-corrected chi connectivity index (χ0v) is 15.4. The number of ether oxygens (including phenoxy) is 1. The van der Waals surface area contributed by atoms with Crippen LogP contribution in [0.4, 0.5) is 0 Å². The van der Waals surface area contributed by atoms with Crippen LogP contribution in [0.25, 0.3) is 6.08 Å². The number of likely N-dealkylation sites (N-methyl/N-ethyl adjacent to an activating group) is 1. The lowest BCUT2D eigenvalue weighted by Gasteiger charge is -2.32. The normalized spacial score (nSPS) is 21.6. The quantitative estimate of drug-likeness (QED) is 0.726. The lowest BCUT2D eigenvalue weighted by molar-refractivity contribution is -0.115. The Hall–Kier alpha value is -2.22. The zero-order valence-electron chi connectivity index (χ0n) is 15.4. The molecule has 1 aromatic rings. The molecule has 2 aliphatic heterocycles. The van der Waals surface area contributed by atoms with Crippen molar-refractivity contribution in [1.29, 1.82) is 0 Å². The Labute approximate surface area is 154 Å². The molecule has 0 saturated carbocycles. The molecule has 3 N–H and O–H groups in total. The SMILES string of the molecule is COc1ccc(C=C2N=C(C(N)CCN3CCN(C)CC3)NC2=O)cc1. The standard InChI is InChI=1S/C19H27N5O2/c1-23-9-11-24(12-10-23)8-7-16(20)18-21-17(19(25)22-18)13-14-3-5-15(26-2)6-4-14/h3-6,13,16H,7-12,20H2,1-2H3,(H,21,22,25). The smallest absolute Gasteiger partial charge is 0.275 e. The van der Waals surface area contributed by atoms with Crippen molar-refractivity contribution in [3.63, 3.8) is 0 Å². The van der Waals surface area contributed by atoms with E-state index in [2.05, 4.69) is 27.2 Å². The van der Waals surface area contributed by atoms with Crippen LogP contribution < -0.4 is 15.8 Å². The van der Waals surface area contributed by atoms with E-state index < -0.39 is 0 Å². The first kappa shape index (κ1) is 18.6. The summed E-state index contributed by atoms with van der Waals surface area (Å²) >= 11 is 0. The summed E-state index contributed by atoms with van der Waals surface area (Å²) in [6.07, 6.45) is 2.54. The number of rotatable bonds is 6. The molecule has 26 heavy (non-hydrogen) atoms. The first-order valence-corrected chi connectivity index (χ1v) is 8.97. The van der Waals surface area contributed by atoms with E-state index in [0.717, 1.165) is 50.5 Å². The third-order valence-electron chi connectivity index (χ3n) is 4.84. The van der Waals surface area contributed by atoms with Gasteiger partial charge in [0.15, 0.2) is 0 Å². The highest BCUT2D eigenvalue weighted by atomic mass is 16.5. The topological polar surface area (TPSA) is 83.2 Å². The summed E-state index contributed by atoms with van der Waals surface area (Å²) in [7, 11) is 3.76.